The van der Waals surface area contributed by atoms with Gasteiger partial charge in [0, 0.05) is 10.1 Å². The highest BCUT2D eigenvalue weighted by molar-refractivity contribution is 7.99. The Balaban J connectivity index is 2.67. The van der Waals surface area contributed by atoms with Crippen LogP contribution in [0.3, 0.4) is 0 Å². The van der Waals surface area contributed by atoms with Crippen LogP contribution in [-0.2, 0) is 0 Å². The zero-order chi connectivity index (χ0) is 12.1. The van der Waals surface area contributed by atoms with Crippen molar-refractivity contribution in [1.29, 1.82) is 0 Å². The van der Waals surface area contributed by atoms with Gasteiger partial charge in [0.25, 0.3) is 0 Å². The maximum Gasteiger partial charge on any atom is 0.121 e. The maximum absolute atomic E-state index is 9.70. The molecule has 0 aliphatic carbocycles. The summed E-state index contributed by atoms with van der Waals surface area (Å²) >= 11 is 1.91. The first kappa shape index (κ1) is 13.4. The lowest BCUT2D eigenvalue weighted by atomic mass is 10.1. The van der Waals surface area contributed by atoms with E-state index in [1.807, 2.05) is 25.6 Å². The minimum Gasteiger partial charge on any atom is -0.507 e. The van der Waals surface area contributed by atoms with Gasteiger partial charge in [-0.25, -0.2) is 0 Å². The highest BCUT2D eigenvalue weighted by Gasteiger charge is 2.07. The van der Waals surface area contributed by atoms with Crippen LogP contribution in [-0.4, -0.2) is 10.4 Å². The van der Waals surface area contributed by atoms with Crippen LogP contribution in [0.25, 0.3) is 0 Å². The molecule has 1 aromatic carbocycles. The van der Waals surface area contributed by atoms with Crippen molar-refractivity contribution in [2.45, 2.75) is 57.1 Å². The van der Waals surface area contributed by atoms with Crippen LogP contribution in [0.1, 0.15) is 44.2 Å². The summed E-state index contributed by atoms with van der Waals surface area (Å²) in [6.07, 6.45) is 3.82. The van der Waals surface area contributed by atoms with Gasteiger partial charge in [-0.05, 0) is 43.5 Å². The van der Waals surface area contributed by atoms with Gasteiger partial charge < -0.3 is 5.11 Å². The summed E-state index contributed by atoms with van der Waals surface area (Å²) in [5, 5.41) is 10.4. The Bertz CT molecular complexity index is 324. The average molecular weight is 238 g/mol. The number of aryl methyl sites for hydroxylation is 2. The van der Waals surface area contributed by atoms with Crippen molar-refractivity contribution in [3.63, 3.8) is 0 Å². The first-order chi connectivity index (χ1) is 7.54. The molecule has 0 amide bonds. The van der Waals surface area contributed by atoms with Crippen molar-refractivity contribution in [2.24, 2.45) is 0 Å². The Hall–Kier alpha value is -0.630. The molecule has 0 bridgehead atoms. The minimum atomic E-state index is 0.436. The van der Waals surface area contributed by atoms with Gasteiger partial charge in [-0.15, -0.1) is 11.8 Å². The third kappa shape index (κ3) is 3.75. The molecule has 0 radical (unpaired) electrons. The average Bonchev–Trinajstić information content (AvgIpc) is 2.23. The Morgan fingerprint density at radius 3 is 2.31 bits per heavy atom. The molecule has 0 saturated heterocycles. The zero-order valence-corrected chi connectivity index (χ0v) is 11.5. The fourth-order valence-corrected chi connectivity index (χ4v) is 3.01. The summed E-state index contributed by atoms with van der Waals surface area (Å²) in [4.78, 5) is 1.27. The van der Waals surface area contributed by atoms with E-state index in [1.54, 1.807) is 0 Å². The number of hydrogen-bond donors (Lipinski definition) is 1. The van der Waals surface area contributed by atoms with Crippen LogP contribution >= 0.6 is 11.8 Å². The van der Waals surface area contributed by atoms with Crippen molar-refractivity contribution in [1.82, 2.24) is 0 Å². The molecule has 0 aliphatic rings. The summed E-state index contributed by atoms with van der Waals surface area (Å²) in [6, 6.07) is 4.16. The topological polar surface area (TPSA) is 20.2 Å². The molecule has 1 unspecified atom stereocenters. The van der Waals surface area contributed by atoms with Gasteiger partial charge in [0.15, 0.2) is 0 Å². The lowest BCUT2D eigenvalue weighted by Gasteiger charge is -2.12. The highest BCUT2D eigenvalue weighted by atomic mass is 32.2. The van der Waals surface area contributed by atoms with E-state index in [1.165, 1.54) is 24.2 Å². The van der Waals surface area contributed by atoms with Crippen molar-refractivity contribution >= 4 is 11.8 Å². The molecule has 1 atom stereocenters. The molecule has 0 heterocycles. The van der Waals surface area contributed by atoms with Gasteiger partial charge in [0.2, 0.25) is 0 Å². The third-order valence-corrected chi connectivity index (χ3v) is 3.91. The number of phenolic OH excluding ortho intramolecular Hbond substituents is 1. The molecule has 0 fully saturated rings. The van der Waals surface area contributed by atoms with E-state index in [-0.39, 0.29) is 0 Å². The number of aromatic hydroxyl groups is 1. The van der Waals surface area contributed by atoms with E-state index in [4.69, 9.17) is 0 Å². The van der Waals surface area contributed by atoms with E-state index in [9.17, 15) is 5.11 Å². The molecule has 1 nitrogen and oxygen atoms in total. The molecule has 90 valence electrons. The lowest BCUT2D eigenvalue weighted by molar-refractivity contribution is 0.466. The van der Waals surface area contributed by atoms with Crippen LogP contribution in [0.5, 0.6) is 5.75 Å². The predicted octanol–water partition coefficient (Wildman–Crippen LogP) is 4.68. The summed E-state index contributed by atoms with van der Waals surface area (Å²) < 4.78 is 0. The van der Waals surface area contributed by atoms with Crippen molar-refractivity contribution in [2.75, 3.05) is 0 Å². The molecule has 0 aromatic heterocycles. The molecule has 0 saturated carbocycles. The van der Waals surface area contributed by atoms with E-state index < -0.39 is 0 Å². The molecule has 0 aliphatic heterocycles. The Kier molecular flexibility index (Phi) is 5.20. The number of phenols is 1. The van der Waals surface area contributed by atoms with Crippen molar-refractivity contribution < 1.29 is 5.11 Å². The molecule has 1 aromatic rings. The van der Waals surface area contributed by atoms with E-state index in [0.29, 0.717) is 11.0 Å². The highest BCUT2D eigenvalue weighted by Crippen LogP contribution is 2.32. The second-order valence-electron chi connectivity index (χ2n) is 4.48. The van der Waals surface area contributed by atoms with Gasteiger partial charge in [-0.1, -0.05) is 26.7 Å². The summed E-state index contributed by atoms with van der Waals surface area (Å²) in [5.41, 5.74) is 1.95. The fourth-order valence-electron chi connectivity index (χ4n) is 1.77. The maximum atomic E-state index is 9.70. The van der Waals surface area contributed by atoms with Crippen LogP contribution < -0.4 is 0 Å². The largest absolute Gasteiger partial charge is 0.507 e. The normalized spacial score (nSPS) is 12.8. The molecule has 1 rings (SSSR count). The minimum absolute atomic E-state index is 0.436. The van der Waals surface area contributed by atoms with E-state index in [2.05, 4.69) is 26.0 Å². The van der Waals surface area contributed by atoms with E-state index >= 15 is 0 Å². The monoisotopic (exact) mass is 238 g/mol. The van der Waals surface area contributed by atoms with Gasteiger partial charge in [-0.3, -0.25) is 0 Å². The quantitative estimate of drug-likeness (QED) is 0.752. The second kappa shape index (κ2) is 6.19. The van der Waals surface area contributed by atoms with Gasteiger partial charge >= 0.3 is 0 Å². The SMILES string of the molecule is CCCCC(C)Sc1cc(C)c(O)c(C)c1. The van der Waals surface area contributed by atoms with Crippen molar-refractivity contribution in [3.05, 3.63) is 23.3 Å². The molecular formula is C14H22OS. The van der Waals surface area contributed by atoms with Crippen LogP contribution in [0, 0.1) is 13.8 Å². The fraction of sp³-hybridized carbons (Fsp3) is 0.571. The van der Waals surface area contributed by atoms with Gasteiger partial charge in [0.1, 0.15) is 5.75 Å². The Labute approximate surface area is 103 Å². The zero-order valence-electron chi connectivity index (χ0n) is 10.7. The summed E-state index contributed by atoms with van der Waals surface area (Å²) in [7, 11) is 0. The number of unbranched alkanes of at least 4 members (excludes halogenated alkanes) is 1. The molecule has 2 heteroatoms. The van der Waals surface area contributed by atoms with Crippen molar-refractivity contribution in [3.8, 4) is 5.75 Å². The molecule has 0 spiro atoms. The molecular weight excluding hydrogens is 216 g/mol. The number of rotatable bonds is 5. The standard InChI is InChI=1S/C14H22OS/c1-5-6-7-12(4)16-13-8-10(2)14(15)11(3)9-13/h8-9,12,15H,5-7H2,1-4H3. The van der Waals surface area contributed by atoms with Crippen LogP contribution in [0.2, 0.25) is 0 Å². The lowest BCUT2D eigenvalue weighted by Crippen LogP contribution is -1.95. The smallest absolute Gasteiger partial charge is 0.121 e. The van der Waals surface area contributed by atoms with Crippen LogP contribution in [0.15, 0.2) is 17.0 Å². The number of thioether (sulfide) groups is 1. The second-order valence-corrected chi connectivity index (χ2v) is 5.99. The van der Waals surface area contributed by atoms with Crippen LogP contribution in [0.4, 0.5) is 0 Å². The molecule has 1 N–H and O–H groups in total. The van der Waals surface area contributed by atoms with E-state index in [0.717, 1.165) is 11.1 Å². The van der Waals surface area contributed by atoms with Gasteiger partial charge in [0.05, 0.1) is 0 Å². The Morgan fingerprint density at radius 1 is 1.25 bits per heavy atom. The first-order valence-electron chi connectivity index (χ1n) is 6.01. The molecule has 16 heavy (non-hydrogen) atoms. The third-order valence-electron chi connectivity index (χ3n) is 2.77. The number of hydrogen-bond acceptors (Lipinski definition) is 2. The predicted molar refractivity (Wildman–Crippen MR) is 72.4 cm³/mol. The number of benzene rings is 1. The first-order valence-corrected chi connectivity index (χ1v) is 6.89. The summed E-state index contributed by atoms with van der Waals surface area (Å²) in [6.45, 7) is 8.43. The van der Waals surface area contributed by atoms with Gasteiger partial charge in [-0.2, -0.15) is 0 Å². The summed E-state index contributed by atoms with van der Waals surface area (Å²) in [5.74, 6) is 0.436. The Morgan fingerprint density at radius 2 is 1.81 bits per heavy atom.